The Labute approximate surface area is 98.4 Å². The van der Waals surface area contributed by atoms with Gasteiger partial charge in [-0.1, -0.05) is 0 Å². The molecule has 1 aromatic carbocycles. The summed E-state index contributed by atoms with van der Waals surface area (Å²) in [5.41, 5.74) is 1.67. The summed E-state index contributed by atoms with van der Waals surface area (Å²) < 4.78 is 13.1. The number of nitrogens with one attached hydrogen (secondary N) is 2. The molecule has 2 bridgehead atoms. The Bertz CT molecular complexity index is 577. The van der Waals surface area contributed by atoms with E-state index in [1.54, 1.807) is 6.07 Å². The number of imidazole rings is 1. The standard InChI is InChI=1S/C13H14FN3/c14-7-1-3-11-12(5-7)17-13(16-11)9-6-8-2-4-10(9)15-8/h1,3,5,8-10,15H,2,4,6H2,(H,16,17). The van der Waals surface area contributed by atoms with Gasteiger partial charge in [0.25, 0.3) is 0 Å². The van der Waals surface area contributed by atoms with E-state index in [0.29, 0.717) is 18.0 Å². The number of hydrogen-bond acceptors (Lipinski definition) is 2. The van der Waals surface area contributed by atoms with Gasteiger partial charge in [-0.3, -0.25) is 0 Å². The van der Waals surface area contributed by atoms with Crippen LogP contribution < -0.4 is 5.32 Å². The van der Waals surface area contributed by atoms with Crippen molar-refractivity contribution in [2.24, 2.45) is 0 Å². The predicted molar refractivity (Wildman–Crippen MR) is 63.4 cm³/mol. The molecule has 3 unspecified atom stereocenters. The highest BCUT2D eigenvalue weighted by Gasteiger charge is 2.41. The topological polar surface area (TPSA) is 40.7 Å². The maximum atomic E-state index is 13.1. The van der Waals surface area contributed by atoms with Crippen molar-refractivity contribution in [3.63, 3.8) is 0 Å². The van der Waals surface area contributed by atoms with Gasteiger partial charge in [-0.05, 0) is 37.5 Å². The van der Waals surface area contributed by atoms with Crippen LogP contribution in [0, 0.1) is 5.82 Å². The molecule has 0 radical (unpaired) electrons. The fourth-order valence-electron chi connectivity index (χ4n) is 3.30. The van der Waals surface area contributed by atoms with Gasteiger partial charge in [0.15, 0.2) is 0 Å². The molecule has 3 atom stereocenters. The van der Waals surface area contributed by atoms with E-state index < -0.39 is 0 Å². The molecule has 17 heavy (non-hydrogen) atoms. The van der Waals surface area contributed by atoms with E-state index in [1.165, 1.54) is 25.0 Å². The van der Waals surface area contributed by atoms with Gasteiger partial charge in [0.2, 0.25) is 0 Å². The van der Waals surface area contributed by atoms with Gasteiger partial charge in [0.1, 0.15) is 11.6 Å². The monoisotopic (exact) mass is 231 g/mol. The number of nitrogens with zero attached hydrogens (tertiary/aromatic N) is 1. The molecule has 1 aromatic heterocycles. The van der Waals surface area contributed by atoms with Crippen molar-refractivity contribution in [2.75, 3.05) is 0 Å². The summed E-state index contributed by atoms with van der Waals surface area (Å²) in [5.74, 6) is 1.29. The minimum atomic E-state index is -0.209. The summed E-state index contributed by atoms with van der Waals surface area (Å²) in [6, 6.07) is 5.95. The molecular formula is C13H14FN3. The van der Waals surface area contributed by atoms with Crippen LogP contribution in [0.25, 0.3) is 11.0 Å². The lowest BCUT2D eigenvalue weighted by atomic mass is 9.89. The third-order valence-corrected chi connectivity index (χ3v) is 4.11. The lowest BCUT2D eigenvalue weighted by Crippen LogP contribution is -2.22. The SMILES string of the molecule is Fc1ccc2nc(C3CC4CCC3N4)[nH]c2c1. The van der Waals surface area contributed by atoms with E-state index in [1.807, 2.05) is 0 Å². The first-order valence-electron chi connectivity index (χ1n) is 6.21. The largest absolute Gasteiger partial charge is 0.342 e. The Hall–Kier alpha value is -1.42. The van der Waals surface area contributed by atoms with E-state index in [4.69, 9.17) is 0 Å². The lowest BCUT2D eigenvalue weighted by molar-refractivity contribution is 0.491. The maximum Gasteiger partial charge on any atom is 0.125 e. The molecule has 0 spiro atoms. The van der Waals surface area contributed by atoms with Crippen LogP contribution in [0.5, 0.6) is 0 Å². The fraction of sp³-hybridized carbons (Fsp3) is 0.462. The molecule has 88 valence electrons. The first-order valence-corrected chi connectivity index (χ1v) is 6.21. The Balaban J connectivity index is 1.76. The quantitative estimate of drug-likeness (QED) is 0.790. The average molecular weight is 231 g/mol. The van der Waals surface area contributed by atoms with Crippen molar-refractivity contribution < 1.29 is 4.39 Å². The number of aromatic nitrogens is 2. The molecule has 3 heterocycles. The maximum absolute atomic E-state index is 13.1. The number of fused-ring (bicyclic) bond motifs is 3. The molecule has 4 heteroatoms. The molecule has 2 aliphatic rings. The van der Waals surface area contributed by atoms with Crippen LogP contribution in [0.2, 0.25) is 0 Å². The molecule has 2 aliphatic heterocycles. The lowest BCUT2D eigenvalue weighted by Gasteiger charge is -2.17. The summed E-state index contributed by atoms with van der Waals surface area (Å²) in [4.78, 5) is 7.86. The Kier molecular flexibility index (Phi) is 1.86. The molecule has 2 fully saturated rings. The van der Waals surface area contributed by atoms with E-state index >= 15 is 0 Å². The number of H-pyrrole nitrogens is 1. The number of aromatic amines is 1. The van der Waals surface area contributed by atoms with Gasteiger partial charge < -0.3 is 10.3 Å². The van der Waals surface area contributed by atoms with Crippen LogP contribution in [-0.2, 0) is 0 Å². The zero-order valence-electron chi connectivity index (χ0n) is 9.41. The van der Waals surface area contributed by atoms with Crippen LogP contribution in [0.3, 0.4) is 0 Å². The minimum absolute atomic E-state index is 0.209. The average Bonchev–Trinajstić information content (AvgIpc) is 3.01. The number of benzene rings is 1. The smallest absolute Gasteiger partial charge is 0.125 e. The second-order valence-corrected chi connectivity index (χ2v) is 5.17. The van der Waals surface area contributed by atoms with E-state index in [9.17, 15) is 4.39 Å². The molecule has 0 saturated carbocycles. The van der Waals surface area contributed by atoms with Gasteiger partial charge in [-0.15, -0.1) is 0 Å². The van der Waals surface area contributed by atoms with Crippen molar-refractivity contribution >= 4 is 11.0 Å². The second kappa shape index (κ2) is 3.29. The van der Waals surface area contributed by atoms with Crippen molar-refractivity contribution in [2.45, 2.75) is 37.3 Å². The molecule has 3 nitrogen and oxygen atoms in total. The second-order valence-electron chi connectivity index (χ2n) is 5.17. The molecule has 2 aromatic rings. The third-order valence-electron chi connectivity index (χ3n) is 4.11. The van der Waals surface area contributed by atoms with Crippen LogP contribution in [0.15, 0.2) is 18.2 Å². The Morgan fingerprint density at radius 2 is 2.24 bits per heavy atom. The van der Waals surface area contributed by atoms with Crippen molar-refractivity contribution in [3.8, 4) is 0 Å². The molecule has 0 amide bonds. The summed E-state index contributed by atoms with van der Waals surface area (Å²) in [5, 5.41) is 3.60. The normalized spacial score (nSPS) is 31.5. The first kappa shape index (κ1) is 9.59. The molecule has 2 saturated heterocycles. The Morgan fingerprint density at radius 1 is 1.29 bits per heavy atom. The van der Waals surface area contributed by atoms with Gasteiger partial charge in [0, 0.05) is 18.0 Å². The first-order chi connectivity index (χ1) is 8.29. The fourth-order valence-corrected chi connectivity index (χ4v) is 3.30. The van der Waals surface area contributed by atoms with Gasteiger partial charge in [0.05, 0.1) is 11.0 Å². The van der Waals surface area contributed by atoms with E-state index in [0.717, 1.165) is 23.3 Å². The number of hydrogen-bond donors (Lipinski definition) is 2. The van der Waals surface area contributed by atoms with Gasteiger partial charge in [-0.25, -0.2) is 9.37 Å². The molecule has 0 aliphatic carbocycles. The summed E-state index contributed by atoms with van der Waals surface area (Å²) in [6.07, 6.45) is 3.68. The summed E-state index contributed by atoms with van der Waals surface area (Å²) >= 11 is 0. The number of halogens is 1. The van der Waals surface area contributed by atoms with Crippen LogP contribution in [0.1, 0.15) is 31.0 Å². The molecular weight excluding hydrogens is 217 g/mol. The van der Waals surface area contributed by atoms with Crippen LogP contribution >= 0.6 is 0 Å². The highest BCUT2D eigenvalue weighted by molar-refractivity contribution is 5.75. The van der Waals surface area contributed by atoms with Gasteiger partial charge >= 0.3 is 0 Å². The zero-order valence-corrected chi connectivity index (χ0v) is 9.41. The zero-order chi connectivity index (χ0) is 11.4. The molecule has 2 N–H and O–H groups in total. The third kappa shape index (κ3) is 1.40. The Morgan fingerprint density at radius 3 is 3.00 bits per heavy atom. The van der Waals surface area contributed by atoms with Crippen LogP contribution in [0.4, 0.5) is 4.39 Å². The van der Waals surface area contributed by atoms with E-state index in [2.05, 4.69) is 15.3 Å². The predicted octanol–water partition coefficient (Wildman–Crippen LogP) is 2.31. The highest BCUT2D eigenvalue weighted by Crippen LogP contribution is 2.39. The van der Waals surface area contributed by atoms with Crippen LogP contribution in [-0.4, -0.2) is 22.1 Å². The van der Waals surface area contributed by atoms with Crippen molar-refractivity contribution in [1.82, 2.24) is 15.3 Å². The van der Waals surface area contributed by atoms with Crippen molar-refractivity contribution in [1.29, 1.82) is 0 Å². The summed E-state index contributed by atoms with van der Waals surface area (Å²) in [7, 11) is 0. The summed E-state index contributed by atoms with van der Waals surface area (Å²) in [6.45, 7) is 0. The minimum Gasteiger partial charge on any atom is -0.342 e. The van der Waals surface area contributed by atoms with Gasteiger partial charge in [-0.2, -0.15) is 0 Å². The van der Waals surface area contributed by atoms with E-state index in [-0.39, 0.29) is 5.82 Å². The number of rotatable bonds is 1. The highest BCUT2D eigenvalue weighted by atomic mass is 19.1. The molecule has 4 rings (SSSR count). The van der Waals surface area contributed by atoms with Crippen molar-refractivity contribution in [3.05, 3.63) is 29.8 Å².